The Labute approximate surface area is 166 Å². The molecule has 4 rings (SSSR count). The van der Waals surface area contributed by atoms with Crippen molar-refractivity contribution in [3.8, 4) is 5.75 Å². The van der Waals surface area contributed by atoms with Gasteiger partial charge in [0.25, 0.3) is 5.91 Å². The zero-order chi connectivity index (χ0) is 19.5. The Morgan fingerprint density at radius 1 is 1.18 bits per heavy atom. The largest absolute Gasteiger partial charge is 0.495 e. The number of para-hydroxylation sites is 2. The minimum absolute atomic E-state index is 0.0316. The number of ether oxygens (including phenoxy) is 1. The quantitative estimate of drug-likeness (QED) is 0.769. The second-order valence-corrected chi connectivity index (χ2v) is 8.11. The van der Waals surface area contributed by atoms with Crippen LogP contribution >= 0.6 is 0 Å². The zero-order valence-electron chi connectivity index (χ0n) is 16.6. The number of methoxy groups -OCH3 is 1. The van der Waals surface area contributed by atoms with E-state index >= 15 is 0 Å². The molecule has 28 heavy (non-hydrogen) atoms. The number of nitrogens with zero attached hydrogens (tertiary/aromatic N) is 2. The van der Waals surface area contributed by atoms with Gasteiger partial charge >= 0.3 is 0 Å². The van der Waals surface area contributed by atoms with E-state index in [1.165, 1.54) is 12.8 Å². The number of carbonyl (C=O) groups excluding carboxylic acids is 2. The Hall–Kier alpha value is -2.28. The van der Waals surface area contributed by atoms with Crippen molar-refractivity contribution >= 4 is 17.5 Å². The van der Waals surface area contributed by atoms with E-state index in [1.54, 1.807) is 7.11 Å². The summed E-state index contributed by atoms with van der Waals surface area (Å²) < 4.78 is 5.46. The third kappa shape index (κ3) is 3.94. The van der Waals surface area contributed by atoms with E-state index in [0.717, 1.165) is 37.4 Å². The van der Waals surface area contributed by atoms with Gasteiger partial charge in [0.2, 0.25) is 5.91 Å². The molecule has 0 unspecified atom stereocenters. The summed E-state index contributed by atoms with van der Waals surface area (Å²) >= 11 is 0. The highest BCUT2D eigenvalue weighted by Crippen LogP contribution is 2.28. The van der Waals surface area contributed by atoms with Gasteiger partial charge in [0, 0.05) is 32.6 Å². The fourth-order valence-electron chi connectivity index (χ4n) is 4.81. The number of quaternary nitrogens is 1. The number of hydrogen-bond acceptors (Lipinski definition) is 4. The molecule has 0 aromatic heterocycles. The lowest BCUT2D eigenvalue weighted by Gasteiger charge is -2.39. The van der Waals surface area contributed by atoms with Crippen LogP contribution in [0.15, 0.2) is 24.3 Å². The van der Waals surface area contributed by atoms with Crippen molar-refractivity contribution in [3.63, 3.8) is 0 Å². The normalized spacial score (nSPS) is 27.8. The van der Waals surface area contributed by atoms with E-state index in [2.05, 4.69) is 21.6 Å². The van der Waals surface area contributed by atoms with Gasteiger partial charge < -0.3 is 25.2 Å². The summed E-state index contributed by atoms with van der Waals surface area (Å²) in [6.45, 7) is 2.91. The van der Waals surface area contributed by atoms with Crippen LogP contribution in [0.1, 0.15) is 32.1 Å². The molecule has 2 heterocycles. The molecular formula is C21H31N4O3+. The maximum Gasteiger partial charge on any atom is 0.279 e. The van der Waals surface area contributed by atoms with Crippen LogP contribution < -0.4 is 20.3 Å². The standard InChI is InChI=1S/C21H30N4O3/c1-28-19-9-5-4-8-18(19)24-10-12-25(13-11-24)20(26)14-17-21(27)23-16-7-3-2-6-15(16)22-17/h4-5,8-9,15-17,22H,2-3,6-7,10-14H2,1H3,(H,23,27)/p+1/t15-,16+,17-/m1/s1. The van der Waals surface area contributed by atoms with Gasteiger partial charge in [-0.2, -0.15) is 0 Å². The number of hydrogen-bond donors (Lipinski definition) is 2. The fraction of sp³-hybridized carbons (Fsp3) is 0.619. The van der Waals surface area contributed by atoms with Crippen molar-refractivity contribution < 1.29 is 19.6 Å². The Morgan fingerprint density at radius 3 is 2.71 bits per heavy atom. The van der Waals surface area contributed by atoms with Gasteiger partial charge in [0.1, 0.15) is 11.8 Å². The molecule has 7 heteroatoms. The Balaban J connectivity index is 1.31. The zero-order valence-corrected chi connectivity index (χ0v) is 16.6. The Bertz CT molecular complexity index is 717. The minimum Gasteiger partial charge on any atom is -0.495 e. The Kier molecular flexibility index (Phi) is 5.71. The number of nitrogens with two attached hydrogens (primary N) is 1. The second-order valence-electron chi connectivity index (χ2n) is 8.11. The molecule has 3 aliphatic rings. The van der Waals surface area contributed by atoms with Crippen LogP contribution in [-0.2, 0) is 9.59 Å². The molecule has 1 saturated carbocycles. The molecule has 3 atom stereocenters. The van der Waals surface area contributed by atoms with Gasteiger partial charge in [-0.3, -0.25) is 9.59 Å². The van der Waals surface area contributed by atoms with Crippen LogP contribution in [0.3, 0.4) is 0 Å². The predicted octanol–water partition coefficient (Wildman–Crippen LogP) is 0.107. The maximum absolute atomic E-state index is 12.8. The number of fused-ring (bicyclic) bond motifs is 1. The van der Waals surface area contributed by atoms with E-state index in [4.69, 9.17) is 4.74 Å². The number of carbonyl (C=O) groups is 2. The van der Waals surface area contributed by atoms with Gasteiger partial charge in [-0.25, -0.2) is 0 Å². The molecule has 152 valence electrons. The number of anilines is 1. The summed E-state index contributed by atoms with van der Waals surface area (Å²) in [5.74, 6) is 0.979. The van der Waals surface area contributed by atoms with Crippen molar-refractivity contribution in [2.24, 2.45) is 0 Å². The lowest BCUT2D eigenvalue weighted by molar-refractivity contribution is -0.718. The Morgan fingerprint density at radius 2 is 1.93 bits per heavy atom. The highest BCUT2D eigenvalue weighted by molar-refractivity contribution is 5.87. The highest BCUT2D eigenvalue weighted by Gasteiger charge is 2.41. The summed E-state index contributed by atoms with van der Waals surface area (Å²) in [5.41, 5.74) is 1.07. The van der Waals surface area contributed by atoms with Crippen LogP contribution in [0, 0.1) is 0 Å². The SMILES string of the molecule is COc1ccccc1N1CCN(C(=O)C[C@H]2[NH2+][C@@H]3CCCC[C@@H]3NC2=O)CC1. The first kappa shape index (κ1) is 19.1. The molecule has 0 spiro atoms. The first-order valence-corrected chi connectivity index (χ1v) is 10.5. The molecule has 0 bridgehead atoms. The summed E-state index contributed by atoms with van der Waals surface area (Å²) in [6, 6.07) is 8.43. The van der Waals surface area contributed by atoms with Crippen LogP contribution in [0.5, 0.6) is 5.75 Å². The van der Waals surface area contributed by atoms with Crippen molar-refractivity contribution in [1.82, 2.24) is 10.2 Å². The number of amides is 2. The van der Waals surface area contributed by atoms with Crippen LogP contribution in [0.2, 0.25) is 0 Å². The highest BCUT2D eigenvalue weighted by atomic mass is 16.5. The van der Waals surface area contributed by atoms with Crippen LogP contribution in [-0.4, -0.2) is 68.1 Å². The van der Waals surface area contributed by atoms with Gasteiger partial charge in [-0.05, 0) is 25.0 Å². The van der Waals surface area contributed by atoms with E-state index in [1.807, 2.05) is 23.1 Å². The monoisotopic (exact) mass is 387 g/mol. The molecule has 2 amide bonds. The topological polar surface area (TPSA) is 78.5 Å². The molecule has 1 aliphatic carbocycles. The summed E-state index contributed by atoms with van der Waals surface area (Å²) in [6.07, 6.45) is 4.91. The third-order valence-corrected chi connectivity index (χ3v) is 6.42. The molecule has 1 aromatic carbocycles. The molecular weight excluding hydrogens is 356 g/mol. The first-order valence-electron chi connectivity index (χ1n) is 10.5. The average molecular weight is 388 g/mol. The van der Waals surface area contributed by atoms with E-state index in [9.17, 15) is 9.59 Å². The molecule has 0 radical (unpaired) electrons. The smallest absolute Gasteiger partial charge is 0.279 e. The van der Waals surface area contributed by atoms with Crippen molar-refractivity contribution in [2.75, 3.05) is 38.2 Å². The maximum atomic E-state index is 12.8. The second kappa shape index (κ2) is 8.39. The minimum atomic E-state index is -0.279. The van der Waals surface area contributed by atoms with Crippen molar-refractivity contribution in [2.45, 2.75) is 50.2 Å². The molecule has 2 aliphatic heterocycles. The number of piperazine rings is 2. The number of benzene rings is 1. The summed E-state index contributed by atoms with van der Waals surface area (Å²) in [4.78, 5) is 29.4. The number of nitrogens with one attached hydrogen (secondary N) is 1. The summed E-state index contributed by atoms with van der Waals surface area (Å²) in [5, 5.41) is 5.31. The van der Waals surface area contributed by atoms with Crippen molar-refractivity contribution in [3.05, 3.63) is 24.3 Å². The van der Waals surface area contributed by atoms with E-state index in [-0.39, 0.29) is 23.9 Å². The van der Waals surface area contributed by atoms with Crippen LogP contribution in [0.4, 0.5) is 5.69 Å². The fourth-order valence-corrected chi connectivity index (χ4v) is 4.81. The molecule has 3 fully saturated rings. The van der Waals surface area contributed by atoms with Gasteiger partial charge in [-0.15, -0.1) is 0 Å². The third-order valence-electron chi connectivity index (χ3n) is 6.42. The molecule has 1 aromatic rings. The lowest BCUT2D eigenvalue weighted by Crippen LogP contribution is -3.03. The summed E-state index contributed by atoms with van der Waals surface area (Å²) in [7, 11) is 1.68. The lowest BCUT2D eigenvalue weighted by atomic mass is 9.87. The van der Waals surface area contributed by atoms with E-state index < -0.39 is 0 Å². The van der Waals surface area contributed by atoms with Gasteiger partial charge in [0.05, 0.1) is 25.3 Å². The molecule has 3 N–H and O–H groups in total. The van der Waals surface area contributed by atoms with Gasteiger partial charge in [-0.1, -0.05) is 18.6 Å². The first-order chi connectivity index (χ1) is 13.7. The van der Waals surface area contributed by atoms with Gasteiger partial charge in [0.15, 0.2) is 6.04 Å². The number of rotatable bonds is 4. The average Bonchev–Trinajstić information content (AvgIpc) is 2.74. The molecule has 2 saturated heterocycles. The predicted molar refractivity (Wildman–Crippen MR) is 106 cm³/mol. The van der Waals surface area contributed by atoms with Crippen LogP contribution in [0.25, 0.3) is 0 Å². The van der Waals surface area contributed by atoms with Crippen molar-refractivity contribution in [1.29, 1.82) is 0 Å². The van der Waals surface area contributed by atoms with E-state index in [0.29, 0.717) is 25.6 Å². The molecule has 7 nitrogen and oxygen atoms in total.